The molecule has 2 aromatic heterocycles. The minimum atomic E-state index is -0.555. The molecule has 2 heterocycles. The van der Waals surface area contributed by atoms with E-state index in [0.29, 0.717) is 22.7 Å². The summed E-state index contributed by atoms with van der Waals surface area (Å²) in [5, 5.41) is 15.4. The number of hydrogen-bond acceptors (Lipinski definition) is 6. The molecule has 0 aromatic carbocycles. The lowest BCUT2D eigenvalue weighted by Gasteiger charge is -2.19. The monoisotopic (exact) mass is 314 g/mol. The van der Waals surface area contributed by atoms with Crippen molar-refractivity contribution in [2.24, 2.45) is 0 Å². The van der Waals surface area contributed by atoms with Crippen LogP contribution < -0.4 is 5.32 Å². The number of nitrogens with zero attached hydrogens (tertiary/aromatic N) is 3. The highest BCUT2D eigenvalue weighted by molar-refractivity contribution is 5.67. The van der Waals surface area contributed by atoms with E-state index in [9.17, 15) is 4.79 Å². The summed E-state index contributed by atoms with van der Waals surface area (Å²) in [7, 11) is 0. The Balaban J connectivity index is 2.02. The van der Waals surface area contributed by atoms with Crippen LogP contribution >= 0.6 is 0 Å². The Morgan fingerprint density at radius 3 is 2.74 bits per heavy atom. The summed E-state index contributed by atoms with van der Waals surface area (Å²) in [5.74, 6) is 0.481. The predicted octanol–water partition coefficient (Wildman–Crippen LogP) is 2.94. The molecule has 0 aliphatic carbocycles. The second-order valence-electron chi connectivity index (χ2n) is 6.03. The van der Waals surface area contributed by atoms with Gasteiger partial charge in [0.05, 0.1) is 17.8 Å². The highest BCUT2D eigenvalue weighted by atomic mass is 16.6. The number of nitriles is 1. The van der Waals surface area contributed by atoms with Gasteiger partial charge < -0.3 is 14.6 Å². The van der Waals surface area contributed by atoms with E-state index < -0.39 is 11.7 Å². The minimum absolute atomic E-state index is 0.164. The molecule has 120 valence electrons. The number of ether oxygens (including phenoxy) is 1. The summed E-state index contributed by atoms with van der Waals surface area (Å²) in [6.45, 7) is 7.36. The Labute approximate surface area is 134 Å². The number of pyridine rings is 1. The summed E-state index contributed by atoms with van der Waals surface area (Å²) in [4.78, 5) is 15.8. The van der Waals surface area contributed by atoms with Crippen LogP contribution in [0.25, 0.3) is 11.4 Å². The normalized spacial score (nSPS) is 10.9. The molecule has 7 heteroatoms. The highest BCUT2D eigenvalue weighted by Crippen LogP contribution is 2.19. The molecule has 0 spiro atoms. The van der Waals surface area contributed by atoms with Gasteiger partial charge in [0.15, 0.2) is 5.76 Å². The van der Waals surface area contributed by atoms with Gasteiger partial charge in [-0.1, -0.05) is 5.16 Å². The van der Waals surface area contributed by atoms with Gasteiger partial charge in [0, 0.05) is 12.3 Å². The van der Waals surface area contributed by atoms with Crippen molar-refractivity contribution >= 4 is 6.09 Å². The van der Waals surface area contributed by atoms with Crippen molar-refractivity contribution in [2.45, 2.75) is 39.8 Å². The third-order valence-electron chi connectivity index (χ3n) is 2.86. The van der Waals surface area contributed by atoms with Crippen molar-refractivity contribution in [1.29, 1.82) is 5.26 Å². The third-order valence-corrected chi connectivity index (χ3v) is 2.86. The molecule has 0 radical (unpaired) electrons. The van der Waals surface area contributed by atoms with Crippen LogP contribution in [0.3, 0.4) is 0 Å². The molecule has 0 unspecified atom stereocenters. The lowest BCUT2D eigenvalue weighted by Crippen LogP contribution is -2.32. The average molecular weight is 314 g/mol. The SMILES string of the molecule is Cc1cc(-c2cc(CNC(=O)OC(C)(C)C)on2)ncc1C#N. The first kappa shape index (κ1) is 16.5. The molecule has 0 fully saturated rings. The smallest absolute Gasteiger partial charge is 0.408 e. The Morgan fingerprint density at radius 1 is 1.39 bits per heavy atom. The number of carbonyl (C=O) groups excluding carboxylic acids is 1. The zero-order valence-corrected chi connectivity index (χ0v) is 13.5. The molecule has 1 amide bonds. The Hall–Kier alpha value is -2.88. The molecular weight excluding hydrogens is 296 g/mol. The van der Waals surface area contributed by atoms with Crippen LogP contribution in [-0.4, -0.2) is 21.8 Å². The number of rotatable bonds is 3. The topological polar surface area (TPSA) is 101 Å². The van der Waals surface area contributed by atoms with Crippen molar-refractivity contribution in [2.75, 3.05) is 0 Å². The van der Waals surface area contributed by atoms with Crippen molar-refractivity contribution in [3.05, 3.63) is 35.2 Å². The number of aryl methyl sites for hydroxylation is 1. The fourth-order valence-electron chi connectivity index (χ4n) is 1.80. The van der Waals surface area contributed by atoms with Gasteiger partial charge in [0.25, 0.3) is 0 Å². The van der Waals surface area contributed by atoms with E-state index in [0.717, 1.165) is 5.56 Å². The molecule has 7 nitrogen and oxygen atoms in total. The zero-order valence-electron chi connectivity index (χ0n) is 13.5. The van der Waals surface area contributed by atoms with Crippen LogP contribution in [0.2, 0.25) is 0 Å². The summed E-state index contributed by atoms with van der Waals surface area (Å²) in [6, 6.07) is 5.51. The molecule has 0 atom stereocenters. The van der Waals surface area contributed by atoms with Gasteiger partial charge in [0.2, 0.25) is 0 Å². The minimum Gasteiger partial charge on any atom is -0.444 e. The van der Waals surface area contributed by atoms with Crippen molar-refractivity contribution in [3.8, 4) is 17.5 Å². The second-order valence-corrected chi connectivity index (χ2v) is 6.03. The highest BCUT2D eigenvalue weighted by Gasteiger charge is 2.16. The average Bonchev–Trinajstić information content (AvgIpc) is 2.92. The van der Waals surface area contributed by atoms with E-state index in [-0.39, 0.29) is 6.54 Å². The van der Waals surface area contributed by atoms with Gasteiger partial charge in [0.1, 0.15) is 17.4 Å². The van der Waals surface area contributed by atoms with E-state index >= 15 is 0 Å². The predicted molar refractivity (Wildman–Crippen MR) is 82.3 cm³/mol. The number of hydrogen-bond donors (Lipinski definition) is 1. The maximum Gasteiger partial charge on any atom is 0.408 e. The van der Waals surface area contributed by atoms with E-state index in [2.05, 4.69) is 21.5 Å². The number of carbonyl (C=O) groups is 1. The quantitative estimate of drug-likeness (QED) is 0.934. The van der Waals surface area contributed by atoms with Crippen molar-refractivity contribution in [1.82, 2.24) is 15.5 Å². The Kier molecular flexibility index (Phi) is 4.65. The zero-order chi connectivity index (χ0) is 17.0. The van der Waals surface area contributed by atoms with Gasteiger partial charge in [-0.3, -0.25) is 4.98 Å². The van der Waals surface area contributed by atoms with E-state index in [1.54, 1.807) is 32.9 Å². The number of nitrogens with one attached hydrogen (secondary N) is 1. The van der Waals surface area contributed by atoms with Gasteiger partial charge >= 0.3 is 6.09 Å². The molecule has 2 aromatic rings. The van der Waals surface area contributed by atoms with Gasteiger partial charge in [-0.25, -0.2) is 4.79 Å². The molecule has 0 saturated heterocycles. The number of amides is 1. The van der Waals surface area contributed by atoms with Gasteiger partial charge in [-0.2, -0.15) is 5.26 Å². The van der Waals surface area contributed by atoms with E-state index in [1.165, 1.54) is 6.20 Å². The molecule has 0 saturated carbocycles. The number of aromatic nitrogens is 2. The van der Waals surface area contributed by atoms with Gasteiger partial charge in [-0.15, -0.1) is 0 Å². The molecule has 1 N–H and O–H groups in total. The van der Waals surface area contributed by atoms with Crippen LogP contribution in [0.5, 0.6) is 0 Å². The van der Waals surface area contributed by atoms with Crippen LogP contribution in [0.15, 0.2) is 22.9 Å². The summed E-state index contributed by atoms with van der Waals surface area (Å²) < 4.78 is 10.3. The summed E-state index contributed by atoms with van der Waals surface area (Å²) >= 11 is 0. The van der Waals surface area contributed by atoms with Gasteiger partial charge in [-0.05, 0) is 39.3 Å². The first-order valence-corrected chi connectivity index (χ1v) is 7.08. The molecule has 0 aliphatic rings. The molecule has 0 aliphatic heterocycles. The van der Waals surface area contributed by atoms with Crippen LogP contribution in [-0.2, 0) is 11.3 Å². The molecule has 23 heavy (non-hydrogen) atoms. The Morgan fingerprint density at radius 2 is 2.13 bits per heavy atom. The second kappa shape index (κ2) is 6.48. The van der Waals surface area contributed by atoms with Crippen LogP contribution in [0, 0.1) is 18.3 Å². The van der Waals surface area contributed by atoms with Crippen LogP contribution in [0.1, 0.15) is 37.7 Å². The van der Waals surface area contributed by atoms with E-state index in [1.807, 2.05) is 6.92 Å². The summed E-state index contributed by atoms with van der Waals surface area (Å²) in [5.41, 5.74) is 1.92. The molecule has 2 rings (SSSR count). The number of alkyl carbamates (subject to hydrolysis) is 1. The fourth-order valence-corrected chi connectivity index (χ4v) is 1.80. The van der Waals surface area contributed by atoms with E-state index in [4.69, 9.17) is 14.5 Å². The first-order valence-electron chi connectivity index (χ1n) is 7.08. The Bertz CT molecular complexity index is 753. The van der Waals surface area contributed by atoms with Crippen LogP contribution in [0.4, 0.5) is 4.79 Å². The molecule has 0 bridgehead atoms. The maximum absolute atomic E-state index is 11.6. The first-order chi connectivity index (χ1) is 10.8. The fraction of sp³-hybridized carbons (Fsp3) is 0.375. The van der Waals surface area contributed by atoms with Crippen molar-refractivity contribution in [3.63, 3.8) is 0 Å². The molecular formula is C16H18N4O3. The lowest BCUT2D eigenvalue weighted by molar-refractivity contribution is 0.0519. The third kappa shape index (κ3) is 4.54. The standard InChI is InChI=1S/C16H18N4O3/c1-10-5-13(18-8-11(10)7-17)14-6-12(23-20-14)9-19-15(21)22-16(2,3)4/h5-6,8H,9H2,1-4H3,(H,19,21). The summed E-state index contributed by atoms with van der Waals surface area (Å²) in [6.07, 6.45) is 0.973. The largest absolute Gasteiger partial charge is 0.444 e. The lowest BCUT2D eigenvalue weighted by atomic mass is 10.1. The van der Waals surface area contributed by atoms with Crippen molar-refractivity contribution < 1.29 is 14.1 Å². The maximum atomic E-state index is 11.6.